The number of likely N-dealkylation sites (tertiary alicyclic amines) is 1. The normalized spacial score (nSPS) is 15.8. The monoisotopic (exact) mass is 1190 g/mol. The van der Waals surface area contributed by atoms with Crippen molar-refractivity contribution in [2.24, 2.45) is 5.41 Å². The topological polar surface area (TPSA) is 250 Å². The molecule has 3 aromatic carbocycles. The zero-order chi connectivity index (χ0) is 59.8. The number of rotatable bonds is 28. The van der Waals surface area contributed by atoms with Crippen LogP contribution in [0.3, 0.4) is 0 Å². The Labute approximate surface area is 490 Å². The van der Waals surface area contributed by atoms with Gasteiger partial charge in [0, 0.05) is 83.2 Å². The van der Waals surface area contributed by atoms with Crippen LogP contribution in [0.25, 0.3) is 32.5 Å². The maximum Gasteiger partial charge on any atom is 0.246 e. The van der Waals surface area contributed by atoms with Gasteiger partial charge in [-0.3, -0.25) is 24.0 Å². The van der Waals surface area contributed by atoms with Gasteiger partial charge in [0.15, 0.2) is 5.82 Å². The second kappa shape index (κ2) is 30.1. The van der Waals surface area contributed by atoms with E-state index in [1.807, 2.05) is 62.4 Å². The van der Waals surface area contributed by atoms with Gasteiger partial charge in [0.25, 0.3) is 0 Å². The van der Waals surface area contributed by atoms with E-state index in [9.17, 15) is 34.2 Å². The first-order valence-corrected chi connectivity index (χ1v) is 28.7. The Hall–Kier alpha value is -6.93. The van der Waals surface area contributed by atoms with E-state index in [1.54, 1.807) is 23.3 Å². The van der Waals surface area contributed by atoms with Crippen molar-refractivity contribution in [1.82, 2.24) is 40.3 Å². The number of likely N-dealkylation sites (N-methyl/N-ethyl adjacent to an activating group) is 1. The van der Waals surface area contributed by atoms with Crippen molar-refractivity contribution in [2.75, 3.05) is 122 Å². The third-order valence-electron chi connectivity index (χ3n) is 14.1. The SMILES string of the molecule is C=CC(=O)N1CCN(c2nc(NCCC(=O)N(C)CCOCCOCCOCCOCC(=O)N[C@H](C(=O)N3C[C@@H](O)C[C@H]3C(=O)NCCc3ccc(-c4scnc4C)cc3)C(C)(C)C)nc3c(F)c(-c4c(O)cccc4F)c(Cl)cc23)CC1. The molecule has 5 amide bonds. The number of aromatic hydroxyl groups is 1. The molecule has 4 heterocycles. The standard InChI is InChI=1S/C58H73ClF2N10O11S/c1-7-46(75)69-19-21-70(22-20-69)54-40-32-41(59)48(49-42(60)9-8-10-44(49)73)50(61)51(40)66-57(67-54)63-18-16-47(76)68(6)23-24-79-25-26-80-27-28-81-29-30-82-34-45(74)65-53(58(3,4)5)56(78)71-33-39(72)31-43(71)55(77)62-17-15-37-11-13-38(14-12-37)52-36(2)64-35-83-52/h7-14,32,35,39,43,53,72-73H,1,15-31,33-34H2,2-6H3,(H,62,77)(H,65,74)(H,63,66,67)/t39-,43-,53+/m0/s1. The van der Waals surface area contributed by atoms with Crippen LogP contribution in [0.1, 0.15) is 44.9 Å². The van der Waals surface area contributed by atoms with Crippen LogP contribution in [0.2, 0.25) is 5.02 Å². The van der Waals surface area contributed by atoms with Crippen molar-refractivity contribution in [3.05, 3.63) is 94.6 Å². The Morgan fingerprint density at radius 1 is 0.928 bits per heavy atom. The third-order valence-corrected chi connectivity index (χ3v) is 15.4. The van der Waals surface area contributed by atoms with Crippen LogP contribution in [0, 0.1) is 24.0 Å². The summed E-state index contributed by atoms with van der Waals surface area (Å²) in [4.78, 5) is 86.6. The van der Waals surface area contributed by atoms with Gasteiger partial charge in [-0.05, 0) is 54.2 Å². The van der Waals surface area contributed by atoms with Crippen LogP contribution in [0.4, 0.5) is 20.5 Å². The molecular weight excluding hydrogens is 1120 g/mol. The molecule has 5 aromatic rings. The van der Waals surface area contributed by atoms with Crippen molar-refractivity contribution < 1.29 is 61.9 Å². The molecule has 0 spiro atoms. The number of amides is 5. The van der Waals surface area contributed by atoms with Gasteiger partial charge in [-0.25, -0.2) is 18.7 Å². The van der Waals surface area contributed by atoms with E-state index in [0.29, 0.717) is 45.0 Å². The summed E-state index contributed by atoms with van der Waals surface area (Å²) in [6, 6.07) is 11.2. The molecule has 2 aromatic heterocycles. The highest BCUT2D eigenvalue weighted by atomic mass is 35.5. The molecule has 0 saturated carbocycles. The number of hydrogen-bond donors (Lipinski definition) is 5. The molecule has 5 N–H and O–H groups in total. The Balaban J connectivity index is 0.760. The van der Waals surface area contributed by atoms with Crippen molar-refractivity contribution >= 4 is 75.1 Å². The predicted molar refractivity (Wildman–Crippen MR) is 311 cm³/mol. The quantitative estimate of drug-likeness (QED) is 0.0312. The number of aryl methyl sites for hydroxylation is 1. The maximum atomic E-state index is 16.5. The number of nitrogens with zero attached hydrogens (tertiary/aromatic N) is 7. The van der Waals surface area contributed by atoms with E-state index in [-0.39, 0.29) is 130 Å². The number of benzene rings is 3. The number of nitrogens with one attached hydrogen (secondary N) is 3. The third kappa shape index (κ3) is 17.1. The van der Waals surface area contributed by atoms with Crippen LogP contribution in [0.5, 0.6) is 5.75 Å². The minimum absolute atomic E-state index is 0.00585. The highest BCUT2D eigenvalue weighted by Crippen LogP contribution is 2.43. The van der Waals surface area contributed by atoms with Gasteiger partial charge < -0.3 is 64.7 Å². The van der Waals surface area contributed by atoms with Gasteiger partial charge in [-0.1, -0.05) is 69.3 Å². The minimum atomic E-state index is -0.998. The lowest BCUT2D eigenvalue weighted by Crippen LogP contribution is -2.58. The molecule has 0 radical (unpaired) electrons. The molecule has 2 aliphatic rings. The summed E-state index contributed by atoms with van der Waals surface area (Å²) in [5.74, 6) is -3.87. The van der Waals surface area contributed by atoms with Gasteiger partial charge in [0.2, 0.25) is 35.5 Å². The van der Waals surface area contributed by atoms with Crippen molar-refractivity contribution in [2.45, 2.75) is 65.1 Å². The van der Waals surface area contributed by atoms with Crippen molar-refractivity contribution in [1.29, 1.82) is 0 Å². The molecular formula is C58H73ClF2N10O11S. The van der Waals surface area contributed by atoms with Gasteiger partial charge in [0.1, 0.15) is 41.6 Å². The number of thiazole rings is 1. The minimum Gasteiger partial charge on any atom is -0.507 e. The second-order valence-electron chi connectivity index (χ2n) is 21.1. The van der Waals surface area contributed by atoms with Crippen LogP contribution >= 0.6 is 22.9 Å². The number of hydrogen-bond acceptors (Lipinski definition) is 17. The summed E-state index contributed by atoms with van der Waals surface area (Å²) < 4.78 is 53.8. The van der Waals surface area contributed by atoms with E-state index >= 15 is 8.78 Å². The lowest BCUT2D eigenvalue weighted by atomic mass is 9.85. The Kier molecular flexibility index (Phi) is 23.0. The number of anilines is 2. The fraction of sp³-hybridized carbons (Fsp3) is 0.483. The molecule has 448 valence electrons. The lowest BCUT2D eigenvalue weighted by molar-refractivity contribution is -0.144. The molecule has 7 rings (SSSR count). The summed E-state index contributed by atoms with van der Waals surface area (Å²) in [6.07, 6.45) is 1.02. The lowest BCUT2D eigenvalue weighted by Gasteiger charge is -2.35. The Morgan fingerprint density at radius 3 is 2.24 bits per heavy atom. The van der Waals surface area contributed by atoms with Gasteiger partial charge >= 0.3 is 0 Å². The van der Waals surface area contributed by atoms with Gasteiger partial charge in [-0.2, -0.15) is 4.98 Å². The molecule has 21 nitrogen and oxygen atoms in total. The largest absolute Gasteiger partial charge is 0.507 e. The number of carbonyl (C=O) groups excluding carboxylic acids is 5. The average molecular weight is 1190 g/mol. The number of aromatic nitrogens is 3. The van der Waals surface area contributed by atoms with E-state index in [1.165, 1.54) is 34.1 Å². The zero-order valence-electron chi connectivity index (χ0n) is 47.4. The summed E-state index contributed by atoms with van der Waals surface area (Å²) in [7, 11) is 1.63. The number of ether oxygens (including phenoxy) is 4. The second-order valence-corrected chi connectivity index (χ2v) is 22.4. The Bertz CT molecular complexity index is 3050. The molecule has 3 atom stereocenters. The van der Waals surface area contributed by atoms with E-state index in [2.05, 4.69) is 37.5 Å². The number of halogens is 3. The summed E-state index contributed by atoms with van der Waals surface area (Å²) in [6.45, 7) is 14.2. The Morgan fingerprint density at radius 2 is 1.60 bits per heavy atom. The van der Waals surface area contributed by atoms with E-state index in [4.69, 9.17) is 30.5 Å². The molecule has 2 saturated heterocycles. The smallest absolute Gasteiger partial charge is 0.246 e. The predicted octanol–water partition coefficient (Wildman–Crippen LogP) is 5.38. The fourth-order valence-corrected chi connectivity index (χ4v) is 10.7. The summed E-state index contributed by atoms with van der Waals surface area (Å²) >= 11 is 8.16. The molecule has 0 bridgehead atoms. The van der Waals surface area contributed by atoms with Crippen LogP contribution in [0.15, 0.2) is 66.7 Å². The molecule has 25 heteroatoms. The van der Waals surface area contributed by atoms with Gasteiger partial charge in [0.05, 0.1) is 79.0 Å². The number of phenols is 1. The first-order chi connectivity index (χ1) is 39.7. The summed E-state index contributed by atoms with van der Waals surface area (Å²) in [5, 5.41) is 29.9. The van der Waals surface area contributed by atoms with Crippen LogP contribution in [-0.2, 0) is 49.3 Å². The first kappa shape index (κ1) is 63.6. The molecule has 0 aliphatic carbocycles. The fourth-order valence-electron chi connectivity index (χ4n) is 9.55. The number of aliphatic hydroxyl groups excluding tert-OH is 1. The number of β-amino-alcohol motifs (C(OH)–C–C–N with tert-alkyl or cyclic N) is 1. The van der Waals surface area contributed by atoms with E-state index < -0.39 is 58.4 Å². The molecule has 2 aliphatic heterocycles. The molecule has 2 fully saturated rings. The van der Waals surface area contributed by atoms with Crippen molar-refractivity contribution in [3.8, 4) is 27.3 Å². The zero-order valence-corrected chi connectivity index (χ0v) is 49.0. The van der Waals surface area contributed by atoms with Crippen LogP contribution < -0.4 is 20.9 Å². The number of carbonyl (C=O) groups is 5. The average Bonchev–Trinajstić information content (AvgIpc) is 2.82. The summed E-state index contributed by atoms with van der Waals surface area (Å²) in [5.41, 5.74) is 3.19. The van der Waals surface area contributed by atoms with Crippen molar-refractivity contribution in [3.63, 3.8) is 0 Å². The number of piperazine rings is 1. The molecule has 83 heavy (non-hydrogen) atoms. The number of phenolic OH excluding ortho intramolecular Hbond substituents is 1. The highest BCUT2D eigenvalue weighted by Gasteiger charge is 2.44. The van der Waals surface area contributed by atoms with Gasteiger partial charge in [-0.15, -0.1) is 11.3 Å². The number of fused-ring (bicyclic) bond motifs is 1. The number of aliphatic hydroxyl groups is 1. The first-order valence-electron chi connectivity index (χ1n) is 27.4. The molecule has 0 unspecified atom stereocenters. The van der Waals surface area contributed by atoms with E-state index in [0.717, 1.165) is 27.8 Å². The maximum absolute atomic E-state index is 16.5. The highest BCUT2D eigenvalue weighted by molar-refractivity contribution is 7.13. The van der Waals surface area contributed by atoms with Crippen LogP contribution in [-0.4, -0.2) is 200 Å².